The van der Waals surface area contributed by atoms with Crippen LogP contribution in [-0.2, 0) is 6.54 Å². The maximum Gasteiger partial charge on any atom is 0.0992 e. The van der Waals surface area contributed by atoms with Gasteiger partial charge in [-0.3, -0.25) is 0 Å². The predicted molar refractivity (Wildman–Crippen MR) is 71.9 cm³/mol. The SMILES string of the molecule is CC(NCc1ccc(C#N)cc1Cl)C(C)(C)C. The standard InChI is InChI=1S/C14H19ClN2/c1-10(14(2,3)4)17-9-12-6-5-11(8-16)7-13(12)15/h5-7,10,17H,9H2,1-4H3. The molecule has 0 bridgehead atoms. The van der Waals surface area contributed by atoms with Crippen LogP contribution in [-0.4, -0.2) is 6.04 Å². The third-order valence-electron chi connectivity index (χ3n) is 3.08. The highest BCUT2D eigenvalue weighted by Gasteiger charge is 2.19. The van der Waals surface area contributed by atoms with E-state index in [9.17, 15) is 0 Å². The van der Waals surface area contributed by atoms with Gasteiger partial charge >= 0.3 is 0 Å². The van der Waals surface area contributed by atoms with E-state index in [0.29, 0.717) is 16.6 Å². The first kappa shape index (κ1) is 14.0. The number of hydrogen-bond donors (Lipinski definition) is 1. The van der Waals surface area contributed by atoms with Gasteiger partial charge in [-0.2, -0.15) is 5.26 Å². The van der Waals surface area contributed by atoms with E-state index in [1.165, 1.54) is 0 Å². The van der Waals surface area contributed by atoms with Crippen molar-refractivity contribution in [1.82, 2.24) is 5.32 Å². The molecule has 3 heteroatoms. The van der Waals surface area contributed by atoms with E-state index in [-0.39, 0.29) is 5.41 Å². The van der Waals surface area contributed by atoms with Crippen LogP contribution in [0, 0.1) is 16.7 Å². The van der Waals surface area contributed by atoms with Crippen molar-refractivity contribution in [2.75, 3.05) is 0 Å². The lowest BCUT2D eigenvalue weighted by Crippen LogP contribution is -2.37. The van der Waals surface area contributed by atoms with Crippen LogP contribution >= 0.6 is 11.6 Å². The molecule has 0 radical (unpaired) electrons. The quantitative estimate of drug-likeness (QED) is 0.887. The normalized spacial score (nSPS) is 13.2. The summed E-state index contributed by atoms with van der Waals surface area (Å²) in [4.78, 5) is 0. The zero-order chi connectivity index (χ0) is 13.1. The number of nitrogens with zero attached hydrogens (tertiary/aromatic N) is 1. The largest absolute Gasteiger partial charge is 0.310 e. The van der Waals surface area contributed by atoms with Gasteiger partial charge in [-0.1, -0.05) is 38.4 Å². The Bertz CT molecular complexity index is 427. The monoisotopic (exact) mass is 250 g/mol. The Balaban J connectivity index is 2.68. The Kier molecular flexibility index (Phi) is 4.56. The van der Waals surface area contributed by atoms with Gasteiger partial charge in [-0.15, -0.1) is 0 Å². The minimum absolute atomic E-state index is 0.221. The lowest BCUT2D eigenvalue weighted by Gasteiger charge is -2.28. The molecule has 92 valence electrons. The van der Waals surface area contributed by atoms with Crippen LogP contribution in [0.2, 0.25) is 5.02 Å². The second kappa shape index (κ2) is 5.53. The molecule has 1 unspecified atom stereocenters. The second-order valence-electron chi connectivity index (χ2n) is 5.39. The van der Waals surface area contributed by atoms with Crippen molar-refractivity contribution in [2.45, 2.75) is 40.3 Å². The summed E-state index contributed by atoms with van der Waals surface area (Å²) >= 11 is 6.11. The Morgan fingerprint density at radius 1 is 1.41 bits per heavy atom. The molecule has 0 saturated heterocycles. The van der Waals surface area contributed by atoms with Gasteiger partial charge in [-0.05, 0) is 30.0 Å². The van der Waals surface area contributed by atoms with Gasteiger partial charge in [0, 0.05) is 17.6 Å². The molecule has 1 rings (SSSR count). The van der Waals surface area contributed by atoms with Crippen LogP contribution in [0.3, 0.4) is 0 Å². The maximum absolute atomic E-state index is 8.75. The highest BCUT2D eigenvalue weighted by molar-refractivity contribution is 6.31. The molecule has 0 aliphatic heterocycles. The minimum atomic E-state index is 0.221. The fourth-order valence-electron chi connectivity index (χ4n) is 1.33. The summed E-state index contributed by atoms with van der Waals surface area (Å²) in [5.41, 5.74) is 1.85. The van der Waals surface area contributed by atoms with Gasteiger partial charge in [0.15, 0.2) is 0 Å². The Morgan fingerprint density at radius 2 is 2.06 bits per heavy atom. The first-order valence-electron chi connectivity index (χ1n) is 5.76. The molecule has 0 heterocycles. The molecule has 0 aromatic heterocycles. The van der Waals surface area contributed by atoms with Gasteiger partial charge in [0.2, 0.25) is 0 Å². The molecule has 2 nitrogen and oxygen atoms in total. The van der Waals surface area contributed by atoms with Crippen molar-refractivity contribution in [3.05, 3.63) is 34.3 Å². The molecule has 17 heavy (non-hydrogen) atoms. The van der Waals surface area contributed by atoms with Gasteiger partial charge in [0.05, 0.1) is 11.6 Å². The molecule has 1 atom stereocenters. The molecule has 1 N–H and O–H groups in total. The summed E-state index contributed by atoms with van der Waals surface area (Å²) in [6.07, 6.45) is 0. The van der Waals surface area contributed by atoms with Gasteiger partial charge in [0.1, 0.15) is 0 Å². The summed E-state index contributed by atoms with van der Waals surface area (Å²) in [5.74, 6) is 0. The number of benzene rings is 1. The van der Waals surface area contributed by atoms with Gasteiger partial charge in [0.25, 0.3) is 0 Å². The van der Waals surface area contributed by atoms with E-state index in [2.05, 4.69) is 39.1 Å². The smallest absolute Gasteiger partial charge is 0.0992 e. The van der Waals surface area contributed by atoms with Crippen LogP contribution in [0.15, 0.2) is 18.2 Å². The van der Waals surface area contributed by atoms with Crippen LogP contribution in [0.4, 0.5) is 0 Å². The van der Waals surface area contributed by atoms with Crippen molar-refractivity contribution in [2.24, 2.45) is 5.41 Å². The van der Waals surface area contributed by atoms with Crippen LogP contribution in [0.5, 0.6) is 0 Å². The van der Waals surface area contributed by atoms with E-state index in [1.54, 1.807) is 12.1 Å². The molecule has 0 aliphatic carbocycles. The number of halogens is 1. The highest BCUT2D eigenvalue weighted by atomic mass is 35.5. The Hall–Kier alpha value is -1.04. The summed E-state index contributed by atoms with van der Waals surface area (Å²) in [6, 6.07) is 7.89. The number of nitrogens with one attached hydrogen (secondary N) is 1. The molecule has 0 aliphatic rings. The third kappa shape index (κ3) is 4.03. The first-order chi connectivity index (χ1) is 7.84. The summed E-state index contributed by atoms with van der Waals surface area (Å²) in [6.45, 7) is 9.49. The molecular formula is C14H19ClN2. The van der Waals surface area contributed by atoms with Crippen molar-refractivity contribution < 1.29 is 0 Å². The molecule has 0 saturated carbocycles. The molecule has 1 aromatic rings. The van der Waals surface area contributed by atoms with Crippen molar-refractivity contribution in [3.8, 4) is 6.07 Å². The lowest BCUT2D eigenvalue weighted by atomic mass is 9.88. The van der Waals surface area contributed by atoms with Gasteiger partial charge in [-0.25, -0.2) is 0 Å². The van der Waals surface area contributed by atoms with Crippen molar-refractivity contribution in [3.63, 3.8) is 0 Å². The Labute approximate surface area is 109 Å². The first-order valence-corrected chi connectivity index (χ1v) is 6.14. The topological polar surface area (TPSA) is 35.8 Å². The van der Waals surface area contributed by atoms with E-state index < -0.39 is 0 Å². The summed E-state index contributed by atoms with van der Waals surface area (Å²) < 4.78 is 0. The number of nitriles is 1. The second-order valence-corrected chi connectivity index (χ2v) is 5.79. The van der Waals surface area contributed by atoms with Crippen LogP contribution in [0.1, 0.15) is 38.8 Å². The maximum atomic E-state index is 8.75. The zero-order valence-electron chi connectivity index (χ0n) is 10.8. The predicted octanol–water partition coefficient (Wildman–Crippen LogP) is 3.74. The number of hydrogen-bond acceptors (Lipinski definition) is 2. The van der Waals surface area contributed by atoms with Crippen LogP contribution < -0.4 is 5.32 Å². The molecule has 0 fully saturated rings. The fraction of sp³-hybridized carbons (Fsp3) is 0.500. The fourth-order valence-corrected chi connectivity index (χ4v) is 1.58. The van der Waals surface area contributed by atoms with Crippen LogP contribution in [0.25, 0.3) is 0 Å². The number of rotatable bonds is 3. The lowest BCUT2D eigenvalue weighted by molar-refractivity contribution is 0.285. The zero-order valence-corrected chi connectivity index (χ0v) is 11.6. The van der Waals surface area contributed by atoms with E-state index in [4.69, 9.17) is 16.9 Å². The molecular weight excluding hydrogens is 232 g/mol. The summed E-state index contributed by atoms with van der Waals surface area (Å²) in [7, 11) is 0. The average Bonchev–Trinajstić information content (AvgIpc) is 2.25. The molecule has 0 amide bonds. The summed E-state index contributed by atoms with van der Waals surface area (Å²) in [5, 5.41) is 12.9. The van der Waals surface area contributed by atoms with E-state index >= 15 is 0 Å². The molecule has 1 aromatic carbocycles. The van der Waals surface area contributed by atoms with Gasteiger partial charge < -0.3 is 5.32 Å². The third-order valence-corrected chi connectivity index (χ3v) is 3.43. The van der Waals surface area contributed by atoms with E-state index in [0.717, 1.165) is 12.1 Å². The van der Waals surface area contributed by atoms with Crippen molar-refractivity contribution >= 4 is 11.6 Å². The Morgan fingerprint density at radius 3 is 2.53 bits per heavy atom. The van der Waals surface area contributed by atoms with Crippen molar-refractivity contribution in [1.29, 1.82) is 5.26 Å². The van der Waals surface area contributed by atoms with E-state index in [1.807, 2.05) is 6.07 Å². The average molecular weight is 251 g/mol. The minimum Gasteiger partial charge on any atom is -0.310 e. The highest BCUT2D eigenvalue weighted by Crippen LogP contribution is 2.21. The molecule has 0 spiro atoms.